The molecule has 1 aromatic carbocycles. The Balaban J connectivity index is 0.00000264. The summed E-state index contributed by atoms with van der Waals surface area (Å²) in [5.74, 6) is 0.560. The number of piperidine rings is 1. The van der Waals surface area contributed by atoms with Crippen molar-refractivity contribution in [3.05, 3.63) is 18.2 Å². The molecule has 0 radical (unpaired) electrons. The molecule has 23 heavy (non-hydrogen) atoms. The van der Waals surface area contributed by atoms with Crippen molar-refractivity contribution in [2.24, 2.45) is 5.41 Å². The fourth-order valence-electron chi connectivity index (χ4n) is 2.63. The van der Waals surface area contributed by atoms with E-state index in [-0.39, 0.29) is 34.2 Å². The molecule has 2 rings (SSSR count). The van der Waals surface area contributed by atoms with Crippen LogP contribution in [0.2, 0.25) is 0 Å². The van der Waals surface area contributed by atoms with Crippen LogP contribution >= 0.6 is 12.4 Å². The molecule has 0 atom stereocenters. The van der Waals surface area contributed by atoms with E-state index in [1.54, 1.807) is 18.2 Å². The summed E-state index contributed by atoms with van der Waals surface area (Å²) < 4.78 is 38.5. The molecule has 6 nitrogen and oxygen atoms in total. The van der Waals surface area contributed by atoms with E-state index in [4.69, 9.17) is 9.47 Å². The van der Waals surface area contributed by atoms with E-state index in [1.165, 1.54) is 14.2 Å². The summed E-state index contributed by atoms with van der Waals surface area (Å²) in [6, 6.07) is 4.93. The Bertz CT molecular complexity index is 594. The topological polar surface area (TPSA) is 76.7 Å². The maximum absolute atomic E-state index is 12.7. The number of nitrogens with one attached hydrogen (secondary N) is 2. The van der Waals surface area contributed by atoms with E-state index in [1.807, 2.05) is 0 Å². The van der Waals surface area contributed by atoms with Crippen molar-refractivity contribution in [1.82, 2.24) is 10.0 Å². The molecule has 1 aromatic rings. The van der Waals surface area contributed by atoms with Crippen LogP contribution in [0.15, 0.2) is 23.1 Å². The number of ether oxygens (including phenoxy) is 2. The molecule has 0 unspecified atom stereocenters. The second-order valence-electron chi connectivity index (χ2n) is 5.88. The van der Waals surface area contributed by atoms with Crippen LogP contribution in [0, 0.1) is 5.41 Å². The first-order chi connectivity index (χ1) is 10.4. The third-order valence-electron chi connectivity index (χ3n) is 4.15. The third kappa shape index (κ3) is 4.73. The molecule has 0 bridgehead atoms. The van der Waals surface area contributed by atoms with E-state index in [2.05, 4.69) is 17.0 Å². The van der Waals surface area contributed by atoms with Crippen LogP contribution in [-0.2, 0) is 10.0 Å². The fraction of sp³-hybridized carbons (Fsp3) is 0.600. The smallest absolute Gasteiger partial charge is 0.247 e. The Morgan fingerprint density at radius 2 is 1.70 bits per heavy atom. The van der Waals surface area contributed by atoms with Crippen LogP contribution in [0.1, 0.15) is 19.8 Å². The monoisotopic (exact) mass is 364 g/mol. The lowest BCUT2D eigenvalue weighted by Crippen LogP contribution is -2.42. The normalized spacial score (nSPS) is 17.2. The van der Waals surface area contributed by atoms with Crippen molar-refractivity contribution in [1.29, 1.82) is 0 Å². The average molecular weight is 365 g/mol. The van der Waals surface area contributed by atoms with Crippen molar-refractivity contribution >= 4 is 22.4 Å². The largest absolute Gasteiger partial charge is 0.495 e. The first-order valence-corrected chi connectivity index (χ1v) is 8.81. The molecule has 0 spiro atoms. The van der Waals surface area contributed by atoms with Crippen molar-refractivity contribution < 1.29 is 17.9 Å². The Morgan fingerprint density at radius 1 is 1.17 bits per heavy atom. The van der Waals surface area contributed by atoms with Crippen molar-refractivity contribution in [2.45, 2.75) is 24.7 Å². The predicted octanol–water partition coefficient (Wildman–Crippen LogP) is 1.79. The van der Waals surface area contributed by atoms with Crippen molar-refractivity contribution in [3.8, 4) is 11.5 Å². The quantitative estimate of drug-likeness (QED) is 0.804. The van der Waals surface area contributed by atoms with Crippen LogP contribution in [-0.4, -0.2) is 42.3 Å². The molecular formula is C15H25ClN2O4S. The highest BCUT2D eigenvalue weighted by Gasteiger charge is 2.31. The van der Waals surface area contributed by atoms with Gasteiger partial charge in [-0.2, -0.15) is 0 Å². The predicted molar refractivity (Wildman–Crippen MR) is 92.2 cm³/mol. The van der Waals surface area contributed by atoms with E-state index in [0.29, 0.717) is 6.54 Å². The third-order valence-corrected chi connectivity index (χ3v) is 5.62. The van der Waals surface area contributed by atoms with Gasteiger partial charge in [-0.3, -0.25) is 0 Å². The number of rotatable bonds is 6. The molecule has 1 aliphatic rings. The van der Waals surface area contributed by atoms with Gasteiger partial charge >= 0.3 is 0 Å². The summed E-state index contributed by atoms with van der Waals surface area (Å²) in [7, 11) is -0.811. The zero-order chi connectivity index (χ0) is 16.2. The summed E-state index contributed by atoms with van der Waals surface area (Å²) in [4.78, 5) is 0.0533. The highest BCUT2D eigenvalue weighted by molar-refractivity contribution is 7.89. The second kappa shape index (κ2) is 8.19. The van der Waals surface area contributed by atoms with Gasteiger partial charge in [-0.15, -0.1) is 12.4 Å². The zero-order valence-electron chi connectivity index (χ0n) is 13.7. The molecule has 1 fully saturated rings. The molecule has 1 saturated heterocycles. The Morgan fingerprint density at radius 3 is 2.17 bits per heavy atom. The van der Waals surface area contributed by atoms with Crippen LogP contribution in [0.5, 0.6) is 11.5 Å². The SMILES string of the molecule is COc1cccc(OC)c1S(=O)(=O)NCC1(C)CCNCC1.Cl. The number of hydrogen-bond donors (Lipinski definition) is 2. The van der Waals surface area contributed by atoms with Gasteiger partial charge in [0.2, 0.25) is 10.0 Å². The minimum Gasteiger partial charge on any atom is -0.495 e. The summed E-state index contributed by atoms with van der Waals surface area (Å²) >= 11 is 0. The number of hydrogen-bond acceptors (Lipinski definition) is 5. The molecule has 1 aliphatic heterocycles. The highest BCUT2D eigenvalue weighted by atomic mass is 35.5. The number of sulfonamides is 1. The van der Waals surface area contributed by atoms with Crippen LogP contribution in [0.4, 0.5) is 0 Å². The maximum Gasteiger partial charge on any atom is 0.247 e. The molecule has 0 aromatic heterocycles. The van der Waals surface area contributed by atoms with Gasteiger partial charge in [0.05, 0.1) is 14.2 Å². The fourth-order valence-corrected chi connectivity index (χ4v) is 4.15. The van der Waals surface area contributed by atoms with E-state index in [0.717, 1.165) is 25.9 Å². The summed E-state index contributed by atoms with van der Waals surface area (Å²) in [6.07, 6.45) is 1.89. The number of halogens is 1. The van der Waals surface area contributed by atoms with Gasteiger partial charge in [-0.1, -0.05) is 13.0 Å². The van der Waals surface area contributed by atoms with Crippen LogP contribution in [0.25, 0.3) is 0 Å². The minimum absolute atomic E-state index is 0. The first-order valence-electron chi connectivity index (χ1n) is 7.33. The van der Waals surface area contributed by atoms with Crippen molar-refractivity contribution in [2.75, 3.05) is 33.9 Å². The Hall–Kier alpha value is -1.02. The molecule has 2 N–H and O–H groups in total. The summed E-state index contributed by atoms with van der Waals surface area (Å²) in [5.41, 5.74) is -0.0342. The van der Waals surface area contributed by atoms with Gasteiger partial charge in [0, 0.05) is 6.54 Å². The maximum atomic E-state index is 12.7. The first kappa shape index (κ1) is 20.0. The number of benzene rings is 1. The second-order valence-corrected chi connectivity index (χ2v) is 7.58. The lowest BCUT2D eigenvalue weighted by Gasteiger charge is -2.34. The Labute approximate surface area is 144 Å². The van der Waals surface area contributed by atoms with Gasteiger partial charge < -0.3 is 14.8 Å². The van der Waals surface area contributed by atoms with Gasteiger partial charge in [-0.25, -0.2) is 13.1 Å². The standard InChI is InChI=1S/C15H24N2O4S.ClH/c1-15(7-9-16-10-8-15)11-17-22(18,19)14-12(20-2)5-4-6-13(14)21-3;/h4-6,16-17H,7-11H2,1-3H3;1H. The average Bonchev–Trinajstić information content (AvgIpc) is 2.53. The number of methoxy groups -OCH3 is 2. The summed E-state index contributed by atoms with van der Waals surface area (Å²) in [5, 5.41) is 3.29. The van der Waals surface area contributed by atoms with Crippen molar-refractivity contribution in [3.63, 3.8) is 0 Å². The van der Waals surface area contributed by atoms with E-state index in [9.17, 15) is 8.42 Å². The molecular weight excluding hydrogens is 340 g/mol. The van der Waals surface area contributed by atoms with Gasteiger partial charge in [-0.05, 0) is 43.5 Å². The molecule has 0 amide bonds. The van der Waals surface area contributed by atoms with Gasteiger partial charge in [0.25, 0.3) is 0 Å². The van der Waals surface area contributed by atoms with E-state index < -0.39 is 10.0 Å². The van der Waals surface area contributed by atoms with Crippen LogP contribution < -0.4 is 19.5 Å². The zero-order valence-corrected chi connectivity index (χ0v) is 15.4. The lowest BCUT2D eigenvalue weighted by atomic mass is 9.81. The molecule has 8 heteroatoms. The highest BCUT2D eigenvalue weighted by Crippen LogP contribution is 2.34. The molecule has 132 valence electrons. The van der Waals surface area contributed by atoms with Gasteiger partial charge in [0.1, 0.15) is 11.5 Å². The Kier molecular flexibility index (Phi) is 7.13. The lowest BCUT2D eigenvalue weighted by molar-refractivity contribution is 0.232. The minimum atomic E-state index is -3.70. The van der Waals surface area contributed by atoms with Crippen LogP contribution in [0.3, 0.4) is 0 Å². The van der Waals surface area contributed by atoms with E-state index >= 15 is 0 Å². The molecule has 0 saturated carbocycles. The molecule has 0 aliphatic carbocycles. The van der Waals surface area contributed by atoms with Gasteiger partial charge in [0.15, 0.2) is 4.90 Å². The summed E-state index contributed by atoms with van der Waals surface area (Å²) in [6.45, 7) is 4.33. The molecule has 1 heterocycles.